The van der Waals surface area contributed by atoms with Crippen LogP contribution in [-0.4, -0.2) is 11.6 Å². The number of allylic oxidation sites excluding steroid dienone is 16. The summed E-state index contributed by atoms with van der Waals surface area (Å²) in [6.45, 7) is 18.2. The Labute approximate surface area is 586 Å². The summed E-state index contributed by atoms with van der Waals surface area (Å²) in [5.41, 5.74) is 16.1. The van der Waals surface area contributed by atoms with Gasteiger partial charge in [-0.25, -0.2) is 0 Å². The molecule has 0 radical (unpaired) electrons. The molecule has 6 aliphatic rings. The molecule has 536 valence electrons. The van der Waals surface area contributed by atoms with E-state index in [1.807, 2.05) is 0 Å². The number of carbonyl (C=O) groups is 2. The van der Waals surface area contributed by atoms with Gasteiger partial charge in [0.25, 0.3) is 0 Å². The van der Waals surface area contributed by atoms with Crippen LogP contribution in [0.2, 0.25) is 0 Å². The zero-order chi connectivity index (χ0) is 67.2. The maximum Gasteiger partial charge on any atom is 0.173 e. The first-order valence-corrected chi connectivity index (χ1v) is 42.8. The molecule has 6 rings (SSSR count). The lowest BCUT2D eigenvalue weighted by Crippen LogP contribution is -2.37. The number of hydrogen-bond acceptors (Lipinski definition) is 2. The van der Waals surface area contributed by atoms with Crippen LogP contribution in [0.3, 0.4) is 0 Å². The predicted octanol–water partition coefficient (Wildman–Crippen LogP) is 31.2. The van der Waals surface area contributed by atoms with Crippen molar-refractivity contribution >= 4 is 11.6 Å². The Hall–Kier alpha value is -2.74. The van der Waals surface area contributed by atoms with Crippen LogP contribution < -0.4 is 0 Å². The summed E-state index contributed by atoms with van der Waals surface area (Å²) in [5.74, 6) is 0.969. The third-order valence-electron chi connectivity index (χ3n) is 23.6. The monoisotopic (exact) mass is 1290 g/mol. The van der Waals surface area contributed by atoms with Gasteiger partial charge in [-0.3, -0.25) is 9.59 Å². The van der Waals surface area contributed by atoms with Gasteiger partial charge in [-0.15, -0.1) is 0 Å². The topological polar surface area (TPSA) is 34.1 Å². The molecule has 0 aromatic carbocycles. The fourth-order valence-corrected chi connectivity index (χ4v) is 17.9. The van der Waals surface area contributed by atoms with Gasteiger partial charge in [-0.2, -0.15) is 0 Å². The maximum atomic E-state index is 14.5. The van der Waals surface area contributed by atoms with Crippen molar-refractivity contribution in [2.24, 2.45) is 10.8 Å². The molecule has 0 saturated heterocycles. The largest absolute Gasteiger partial charge is 0.293 e. The lowest BCUT2D eigenvalue weighted by Gasteiger charge is -2.38. The van der Waals surface area contributed by atoms with E-state index in [1.54, 1.807) is 11.1 Å². The van der Waals surface area contributed by atoms with Crippen LogP contribution in [0.4, 0.5) is 0 Å². The fourth-order valence-electron chi connectivity index (χ4n) is 17.9. The van der Waals surface area contributed by atoms with E-state index in [1.165, 1.54) is 404 Å². The van der Waals surface area contributed by atoms with E-state index in [0.29, 0.717) is 11.6 Å². The van der Waals surface area contributed by atoms with Crippen molar-refractivity contribution in [3.05, 3.63) is 91.2 Å². The van der Waals surface area contributed by atoms with Crippen molar-refractivity contribution in [1.29, 1.82) is 0 Å². The molecular formula is C92H156O2. The third-order valence-corrected chi connectivity index (χ3v) is 23.6. The van der Waals surface area contributed by atoms with Gasteiger partial charge in [-0.1, -0.05) is 434 Å². The predicted molar refractivity (Wildman–Crippen MR) is 416 cm³/mol. The summed E-state index contributed by atoms with van der Waals surface area (Å²) in [6.07, 6.45) is 95.5. The summed E-state index contributed by atoms with van der Waals surface area (Å²) < 4.78 is 0. The molecule has 0 aromatic heterocycles. The van der Waals surface area contributed by atoms with Crippen LogP contribution in [0.1, 0.15) is 466 Å². The average Bonchev–Trinajstić information content (AvgIpc) is 1.52. The number of unbranched alkanes of at least 4 members (excludes halogenated alkanes) is 52. The van der Waals surface area contributed by atoms with Crippen LogP contribution in [0.25, 0.3) is 0 Å². The number of Topliss-reactive ketones (excluding diaryl/α,β-unsaturated/α-hetero) is 2. The fraction of sp³-hybridized carbons (Fsp3) is 0.804. The minimum absolute atomic E-state index is 0.261. The Balaban J connectivity index is 0.000000342. The highest BCUT2D eigenvalue weighted by Crippen LogP contribution is 2.57. The average molecular weight is 1290 g/mol. The van der Waals surface area contributed by atoms with Gasteiger partial charge >= 0.3 is 0 Å². The third kappa shape index (κ3) is 29.6. The normalized spacial score (nSPS) is 17.1. The highest BCUT2D eigenvalue weighted by atomic mass is 16.1. The molecule has 0 aromatic rings. The first kappa shape index (κ1) is 81.9. The number of ketones is 2. The first-order valence-electron chi connectivity index (χ1n) is 42.8. The molecule has 0 atom stereocenters. The summed E-state index contributed by atoms with van der Waals surface area (Å²) in [6, 6.07) is 0. The van der Waals surface area contributed by atoms with Crippen molar-refractivity contribution in [2.45, 2.75) is 466 Å². The zero-order valence-electron chi connectivity index (χ0n) is 64.4. The minimum Gasteiger partial charge on any atom is -0.293 e. The number of fused-ring (bicyclic) bond motifs is 2. The Morgan fingerprint density at radius 1 is 0.223 bits per heavy atom. The molecule has 2 heteroatoms. The lowest BCUT2D eigenvalue weighted by atomic mass is 9.63. The van der Waals surface area contributed by atoms with Gasteiger partial charge in [0.05, 0.1) is 10.8 Å². The second-order valence-electron chi connectivity index (χ2n) is 32.4. The minimum atomic E-state index is -0.264. The molecule has 0 saturated carbocycles. The van der Waals surface area contributed by atoms with Gasteiger partial charge in [0.2, 0.25) is 0 Å². The maximum absolute atomic E-state index is 14.5. The van der Waals surface area contributed by atoms with E-state index in [9.17, 15) is 9.59 Å². The van der Waals surface area contributed by atoms with Gasteiger partial charge in [-0.05, 0) is 113 Å². The smallest absolute Gasteiger partial charge is 0.173 e. The van der Waals surface area contributed by atoms with E-state index in [4.69, 9.17) is 0 Å². The van der Waals surface area contributed by atoms with Crippen LogP contribution in [0.15, 0.2) is 91.2 Å². The van der Waals surface area contributed by atoms with Crippen LogP contribution >= 0.6 is 0 Å². The number of rotatable bonds is 60. The molecule has 0 amide bonds. The second kappa shape index (κ2) is 50.6. The number of carbonyl (C=O) groups excluding carboxylic acids is 2. The molecule has 0 bridgehead atoms. The molecule has 6 aliphatic carbocycles. The van der Waals surface area contributed by atoms with E-state index in [0.717, 1.165) is 62.5 Å². The van der Waals surface area contributed by atoms with E-state index >= 15 is 0 Å². The van der Waals surface area contributed by atoms with Crippen molar-refractivity contribution < 1.29 is 9.59 Å². The summed E-state index contributed by atoms with van der Waals surface area (Å²) in [5, 5.41) is 0. The van der Waals surface area contributed by atoms with Gasteiger partial charge < -0.3 is 0 Å². The molecule has 0 aliphatic heterocycles. The second-order valence-corrected chi connectivity index (χ2v) is 32.4. The van der Waals surface area contributed by atoms with Crippen LogP contribution in [-0.2, 0) is 9.59 Å². The van der Waals surface area contributed by atoms with E-state index in [-0.39, 0.29) is 10.8 Å². The number of hydrogen-bond donors (Lipinski definition) is 0. The lowest BCUT2D eigenvalue weighted by molar-refractivity contribution is -0.124. The molecule has 0 unspecified atom stereocenters. The van der Waals surface area contributed by atoms with E-state index < -0.39 is 0 Å². The Kier molecular flexibility index (Phi) is 44.1. The molecule has 0 heterocycles. The van der Waals surface area contributed by atoms with Gasteiger partial charge in [0, 0.05) is 11.1 Å². The molecule has 0 spiro atoms. The summed E-state index contributed by atoms with van der Waals surface area (Å²) in [7, 11) is 0. The standard InChI is InChI=1S/C48H82O.C44H74O/c1-5-7-9-11-13-15-17-19-21-23-25-27-29-31-33-35-48(36-34-32-30-28-26-24-22-20-18-16-14-12-10-8-6-2)46-40-42(4)38-44(46)43-37-41(3)39-45(43)47(48)49;1-5-7-9-11-13-15-17-19-21-23-25-27-29-31-44(32-30-28-26-24-22-20-18-16-14-12-10-8-6-2)42-36-38(4)34-40(42)39-33-37(3)35-41(39)43(44)45/h39-40H,5-38H2,1-4H3;35-36H,5-34H2,1-4H3. The Morgan fingerprint density at radius 3 is 0.574 bits per heavy atom. The summed E-state index contributed by atoms with van der Waals surface area (Å²) >= 11 is 0. The van der Waals surface area contributed by atoms with E-state index in [2.05, 4.69) is 79.7 Å². The molecule has 94 heavy (non-hydrogen) atoms. The molecular weight excluding hydrogens is 1140 g/mol. The highest BCUT2D eigenvalue weighted by molar-refractivity contribution is 6.09. The Bertz CT molecular complexity index is 2300. The van der Waals surface area contributed by atoms with Crippen molar-refractivity contribution in [1.82, 2.24) is 0 Å². The summed E-state index contributed by atoms with van der Waals surface area (Å²) in [4.78, 5) is 29.0. The van der Waals surface area contributed by atoms with Crippen molar-refractivity contribution in [2.75, 3.05) is 0 Å². The zero-order valence-corrected chi connectivity index (χ0v) is 64.4. The highest BCUT2D eigenvalue weighted by Gasteiger charge is 2.50. The quantitative estimate of drug-likeness (QED) is 0.0569. The van der Waals surface area contributed by atoms with Crippen molar-refractivity contribution in [3.8, 4) is 0 Å². The molecule has 2 nitrogen and oxygen atoms in total. The van der Waals surface area contributed by atoms with Gasteiger partial charge in [0.15, 0.2) is 11.6 Å². The SMILES string of the molecule is CCCCCCCCCCCCCCCC1(CCCCCCCCCCCCCCC)C(=O)C2=C(CC(C)=C2)C2=C1C=C(C)C2.CCCCCCCCCCCCCCCCCC1(CCCCCCCCCCCCCCCCC)C(=O)C2=C(CC(C)=C2)C2=C1C=C(C)C2. The molecule has 0 fully saturated rings. The van der Waals surface area contributed by atoms with Crippen LogP contribution in [0, 0.1) is 10.8 Å². The van der Waals surface area contributed by atoms with Crippen LogP contribution in [0.5, 0.6) is 0 Å². The van der Waals surface area contributed by atoms with Gasteiger partial charge in [0.1, 0.15) is 0 Å². The van der Waals surface area contributed by atoms with Crippen molar-refractivity contribution in [3.63, 3.8) is 0 Å². The molecule has 0 N–H and O–H groups in total. The Morgan fingerprint density at radius 2 is 0.383 bits per heavy atom. The first-order chi connectivity index (χ1) is 46.1.